The van der Waals surface area contributed by atoms with E-state index in [-0.39, 0.29) is 0 Å². The Morgan fingerprint density at radius 3 is 2.07 bits per heavy atom. The molecule has 4 heteroatoms. The molecule has 4 rings (SSSR count). The summed E-state index contributed by atoms with van der Waals surface area (Å²) in [6.07, 6.45) is 0. The number of hydrogen-bond acceptors (Lipinski definition) is 3. The van der Waals surface area contributed by atoms with E-state index in [0.717, 1.165) is 34.9 Å². The number of hydrogen-bond donors (Lipinski definition) is 0. The van der Waals surface area contributed by atoms with Crippen molar-refractivity contribution in [3.8, 4) is 34.1 Å². The van der Waals surface area contributed by atoms with Crippen molar-refractivity contribution in [2.45, 2.75) is 13.5 Å². The smallest absolute Gasteiger partial charge is 0.161 e. The van der Waals surface area contributed by atoms with Crippen LogP contribution in [0.4, 0.5) is 0 Å². The predicted octanol–water partition coefficient (Wildman–Crippen LogP) is 5.59. The molecule has 0 bridgehead atoms. The molecule has 0 spiro atoms. The van der Waals surface area contributed by atoms with Gasteiger partial charge in [-0.25, -0.2) is 4.98 Å². The molecule has 146 valence electrons. The molecule has 4 aromatic rings. The van der Waals surface area contributed by atoms with Crippen molar-refractivity contribution in [3.63, 3.8) is 0 Å². The van der Waals surface area contributed by atoms with Crippen LogP contribution in [0.3, 0.4) is 0 Å². The molecule has 0 saturated carbocycles. The lowest BCUT2D eigenvalue weighted by atomic mass is 10.1. The maximum atomic E-state index is 5.53. The molecular formula is C25H24N2O2. The lowest BCUT2D eigenvalue weighted by Crippen LogP contribution is -2.05. The topological polar surface area (TPSA) is 36.3 Å². The van der Waals surface area contributed by atoms with Gasteiger partial charge in [-0.15, -0.1) is 0 Å². The van der Waals surface area contributed by atoms with Gasteiger partial charge in [0.1, 0.15) is 5.82 Å². The molecule has 29 heavy (non-hydrogen) atoms. The Bertz CT molecular complexity index is 1100. The monoisotopic (exact) mass is 384 g/mol. The van der Waals surface area contributed by atoms with Gasteiger partial charge in [-0.3, -0.25) is 0 Å². The first-order valence-corrected chi connectivity index (χ1v) is 9.60. The third-order valence-corrected chi connectivity index (χ3v) is 5.01. The largest absolute Gasteiger partial charge is 0.493 e. The zero-order chi connectivity index (χ0) is 20.2. The second-order valence-electron chi connectivity index (χ2n) is 6.88. The first-order chi connectivity index (χ1) is 14.2. The molecule has 0 saturated heterocycles. The molecule has 0 fully saturated rings. The summed E-state index contributed by atoms with van der Waals surface area (Å²) >= 11 is 0. The summed E-state index contributed by atoms with van der Waals surface area (Å²) in [5.41, 5.74) is 5.42. The Hall–Kier alpha value is -3.53. The quantitative estimate of drug-likeness (QED) is 0.435. The number of imidazole rings is 1. The van der Waals surface area contributed by atoms with Gasteiger partial charge in [-0.2, -0.15) is 0 Å². The van der Waals surface area contributed by atoms with E-state index in [1.807, 2.05) is 36.4 Å². The van der Waals surface area contributed by atoms with Crippen LogP contribution in [0.5, 0.6) is 11.5 Å². The van der Waals surface area contributed by atoms with E-state index in [1.54, 1.807) is 14.2 Å². The van der Waals surface area contributed by atoms with Crippen LogP contribution in [0.15, 0.2) is 78.9 Å². The standard InChI is InChI=1S/C25H24N2O2/c1-18-24(21-14-15-22(28-2)23(16-21)29-3)27(17-19-10-6-4-7-11-19)25(26-18)20-12-8-5-9-13-20/h4-16H,17H2,1-3H3. The van der Waals surface area contributed by atoms with Gasteiger partial charge < -0.3 is 14.0 Å². The minimum atomic E-state index is 0.707. The highest BCUT2D eigenvalue weighted by Crippen LogP contribution is 2.36. The Morgan fingerprint density at radius 2 is 1.41 bits per heavy atom. The van der Waals surface area contributed by atoms with Crippen molar-refractivity contribution in [2.24, 2.45) is 0 Å². The number of aromatic nitrogens is 2. The van der Waals surface area contributed by atoms with E-state index < -0.39 is 0 Å². The summed E-state index contributed by atoms with van der Waals surface area (Å²) < 4.78 is 13.2. The van der Waals surface area contributed by atoms with E-state index in [4.69, 9.17) is 14.5 Å². The summed E-state index contributed by atoms with van der Waals surface area (Å²) in [5, 5.41) is 0. The fraction of sp³-hybridized carbons (Fsp3) is 0.160. The molecule has 0 amide bonds. The van der Waals surface area contributed by atoms with E-state index in [1.165, 1.54) is 5.56 Å². The fourth-order valence-electron chi connectivity index (χ4n) is 3.65. The van der Waals surface area contributed by atoms with Gasteiger partial charge in [0.25, 0.3) is 0 Å². The molecule has 0 aliphatic carbocycles. The van der Waals surface area contributed by atoms with Gasteiger partial charge in [0.2, 0.25) is 0 Å². The molecule has 1 aromatic heterocycles. The van der Waals surface area contributed by atoms with Gasteiger partial charge in [0.05, 0.1) is 25.6 Å². The molecular weight excluding hydrogens is 360 g/mol. The highest BCUT2D eigenvalue weighted by Gasteiger charge is 2.19. The first-order valence-electron chi connectivity index (χ1n) is 9.60. The number of aryl methyl sites for hydroxylation is 1. The Balaban J connectivity index is 1.90. The number of nitrogens with zero attached hydrogens (tertiary/aromatic N) is 2. The minimum Gasteiger partial charge on any atom is -0.493 e. The maximum Gasteiger partial charge on any atom is 0.161 e. The van der Waals surface area contributed by atoms with Crippen LogP contribution in [0, 0.1) is 6.92 Å². The van der Waals surface area contributed by atoms with Gasteiger partial charge in [-0.05, 0) is 30.7 Å². The van der Waals surface area contributed by atoms with Crippen LogP contribution < -0.4 is 9.47 Å². The second kappa shape index (κ2) is 8.23. The Labute approximate surface area is 171 Å². The van der Waals surface area contributed by atoms with Gasteiger partial charge in [0, 0.05) is 17.7 Å². The van der Waals surface area contributed by atoms with Crippen molar-refractivity contribution in [1.82, 2.24) is 9.55 Å². The normalized spacial score (nSPS) is 10.7. The molecule has 4 nitrogen and oxygen atoms in total. The number of ether oxygens (including phenoxy) is 2. The minimum absolute atomic E-state index is 0.707. The third kappa shape index (κ3) is 3.74. The molecule has 0 aliphatic heterocycles. The number of methoxy groups -OCH3 is 2. The lowest BCUT2D eigenvalue weighted by Gasteiger charge is -2.15. The lowest BCUT2D eigenvalue weighted by molar-refractivity contribution is 0.355. The van der Waals surface area contributed by atoms with Crippen LogP contribution in [0.1, 0.15) is 11.3 Å². The predicted molar refractivity (Wildman–Crippen MR) is 116 cm³/mol. The van der Waals surface area contributed by atoms with E-state index in [0.29, 0.717) is 11.5 Å². The molecule has 3 aromatic carbocycles. The summed E-state index contributed by atoms with van der Waals surface area (Å²) in [6.45, 7) is 2.79. The fourth-order valence-corrected chi connectivity index (χ4v) is 3.65. The highest BCUT2D eigenvalue weighted by molar-refractivity contribution is 5.71. The van der Waals surface area contributed by atoms with E-state index in [9.17, 15) is 0 Å². The molecule has 0 aliphatic rings. The van der Waals surface area contributed by atoms with Crippen molar-refractivity contribution >= 4 is 0 Å². The maximum absolute atomic E-state index is 5.53. The summed E-state index contributed by atoms with van der Waals surface area (Å²) in [7, 11) is 3.31. The Kier molecular flexibility index (Phi) is 5.34. The van der Waals surface area contributed by atoms with Crippen LogP contribution >= 0.6 is 0 Å². The third-order valence-electron chi connectivity index (χ3n) is 5.01. The number of benzene rings is 3. The van der Waals surface area contributed by atoms with E-state index in [2.05, 4.69) is 54.0 Å². The number of rotatable bonds is 6. The first kappa shape index (κ1) is 18.8. The van der Waals surface area contributed by atoms with Crippen molar-refractivity contribution in [1.29, 1.82) is 0 Å². The van der Waals surface area contributed by atoms with Gasteiger partial charge in [-0.1, -0.05) is 60.7 Å². The van der Waals surface area contributed by atoms with Crippen molar-refractivity contribution < 1.29 is 9.47 Å². The summed E-state index contributed by atoms with van der Waals surface area (Å²) in [4.78, 5) is 4.94. The molecule has 0 radical (unpaired) electrons. The SMILES string of the molecule is COc1ccc(-c2c(C)nc(-c3ccccc3)n2Cc2ccccc2)cc1OC. The molecule has 0 atom stereocenters. The van der Waals surface area contributed by atoms with Crippen LogP contribution in [-0.4, -0.2) is 23.8 Å². The Morgan fingerprint density at radius 1 is 0.759 bits per heavy atom. The summed E-state index contributed by atoms with van der Waals surface area (Å²) in [6, 6.07) is 26.8. The average Bonchev–Trinajstić information content (AvgIpc) is 3.10. The molecule has 1 heterocycles. The van der Waals surface area contributed by atoms with Gasteiger partial charge in [0.15, 0.2) is 11.5 Å². The average molecular weight is 384 g/mol. The zero-order valence-corrected chi connectivity index (χ0v) is 16.9. The van der Waals surface area contributed by atoms with Crippen LogP contribution in [-0.2, 0) is 6.54 Å². The van der Waals surface area contributed by atoms with E-state index >= 15 is 0 Å². The highest BCUT2D eigenvalue weighted by atomic mass is 16.5. The zero-order valence-electron chi connectivity index (χ0n) is 16.9. The van der Waals surface area contributed by atoms with Crippen molar-refractivity contribution in [2.75, 3.05) is 14.2 Å². The van der Waals surface area contributed by atoms with Crippen LogP contribution in [0.25, 0.3) is 22.6 Å². The van der Waals surface area contributed by atoms with Crippen LogP contribution in [0.2, 0.25) is 0 Å². The van der Waals surface area contributed by atoms with Gasteiger partial charge >= 0.3 is 0 Å². The summed E-state index contributed by atoms with van der Waals surface area (Å²) in [5.74, 6) is 2.38. The molecule has 0 N–H and O–H groups in total. The van der Waals surface area contributed by atoms with Crippen molar-refractivity contribution in [3.05, 3.63) is 90.1 Å². The molecule has 0 unspecified atom stereocenters. The second-order valence-corrected chi connectivity index (χ2v) is 6.88.